The Labute approximate surface area is 130 Å². The molecule has 2 rings (SSSR count). The fourth-order valence-electron chi connectivity index (χ4n) is 2.42. The smallest absolute Gasteiger partial charge is 0.0545 e. The van der Waals surface area contributed by atoms with Crippen LogP contribution in [0.1, 0.15) is 40.2 Å². The van der Waals surface area contributed by atoms with Crippen LogP contribution in [-0.4, -0.2) is 6.04 Å². The molecule has 3 heteroatoms. The van der Waals surface area contributed by atoms with Crippen LogP contribution in [0, 0.1) is 13.8 Å². The highest BCUT2D eigenvalue weighted by Crippen LogP contribution is 2.37. The first-order chi connectivity index (χ1) is 9.60. The van der Waals surface area contributed by atoms with Crippen LogP contribution in [0.3, 0.4) is 0 Å². The van der Waals surface area contributed by atoms with Crippen molar-refractivity contribution in [3.05, 3.63) is 57.3 Å². The van der Waals surface area contributed by atoms with Gasteiger partial charge < -0.3 is 5.73 Å². The summed E-state index contributed by atoms with van der Waals surface area (Å²) in [4.78, 5) is 1.40. The van der Waals surface area contributed by atoms with Gasteiger partial charge in [-0.15, -0.1) is 23.1 Å². The highest BCUT2D eigenvalue weighted by atomic mass is 32.2. The second-order valence-corrected chi connectivity index (χ2v) is 7.42. The minimum absolute atomic E-state index is 0.226. The van der Waals surface area contributed by atoms with Crippen LogP contribution in [0.4, 0.5) is 0 Å². The second kappa shape index (κ2) is 7.30. The van der Waals surface area contributed by atoms with E-state index in [1.54, 1.807) is 0 Å². The van der Waals surface area contributed by atoms with Crippen molar-refractivity contribution in [3.8, 4) is 0 Å². The van der Waals surface area contributed by atoms with Gasteiger partial charge in [0.05, 0.1) is 5.25 Å². The number of thiophene rings is 1. The van der Waals surface area contributed by atoms with Gasteiger partial charge in [-0.25, -0.2) is 0 Å². The third-order valence-corrected chi connectivity index (χ3v) is 5.96. The molecule has 0 aliphatic carbocycles. The summed E-state index contributed by atoms with van der Waals surface area (Å²) in [5.41, 5.74) is 10.4. The lowest BCUT2D eigenvalue weighted by molar-refractivity contribution is 0.640. The van der Waals surface area contributed by atoms with Gasteiger partial charge in [0.2, 0.25) is 0 Å². The fraction of sp³-hybridized carbons (Fsp3) is 0.412. The first kappa shape index (κ1) is 15.6. The van der Waals surface area contributed by atoms with Crippen molar-refractivity contribution < 1.29 is 0 Å². The zero-order valence-corrected chi connectivity index (χ0v) is 14.1. The van der Waals surface area contributed by atoms with Gasteiger partial charge >= 0.3 is 0 Å². The van der Waals surface area contributed by atoms with E-state index >= 15 is 0 Å². The molecule has 0 bridgehead atoms. The molecule has 0 spiro atoms. The van der Waals surface area contributed by atoms with Crippen molar-refractivity contribution in [1.29, 1.82) is 0 Å². The molecule has 1 aromatic carbocycles. The molecular formula is C17H23NS2. The summed E-state index contributed by atoms with van der Waals surface area (Å²) in [5.74, 6) is 1.03. The summed E-state index contributed by atoms with van der Waals surface area (Å²) in [6.45, 7) is 6.49. The molecule has 0 saturated heterocycles. The molecule has 2 unspecified atom stereocenters. The molecule has 0 aliphatic heterocycles. The van der Waals surface area contributed by atoms with E-state index in [2.05, 4.69) is 56.5 Å². The molecule has 1 nitrogen and oxygen atoms in total. The van der Waals surface area contributed by atoms with Gasteiger partial charge in [-0.2, -0.15) is 0 Å². The predicted octanol–water partition coefficient (Wildman–Crippen LogP) is 5.08. The third-order valence-electron chi connectivity index (χ3n) is 3.39. The van der Waals surface area contributed by atoms with E-state index in [4.69, 9.17) is 5.73 Å². The maximum absolute atomic E-state index is 6.32. The molecule has 1 aromatic heterocycles. The zero-order chi connectivity index (χ0) is 14.5. The largest absolute Gasteiger partial charge is 0.326 e. The highest BCUT2D eigenvalue weighted by Gasteiger charge is 2.20. The number of benzene rings is 1. The molecule has 1 heterocycles. The minimum Gasteiger partial charge on any atom is -0.326 e. The fourth-order valence-corrected chi connectivity index (χ4v) is 4.79. The predicted molar refractivity (Wildman–Crippen MR) is 92.5 cm³/mol. The van der Waals surface area contributed by atoms with Crippen LogP contribution < -0.4 is 5.73 Å². The van der Waals surface area contributed by atoms with Crippen molar-refractivity contribution in [1.82, 2.24) is 0 Å². The van der Waals surface area contributed by atoms with Gasteiger partial charge in [-0.3, -0.25) is 0 Å². The van der Waals surface area contributed by atoms with E-state index in [1.807, 2.05) is 23.1 Å². The SMILES string of the molecule is CCC(N)C(SCc1cc(C)cc(C)c1)c1cccs1. The van der Waals surface area contributed by atoms with Gasteiger partial charge in [0.15, 0.2) is 0 Å². The van der Waals surface area contributed by atoms with E-state index in [1.165, 1.54) is 21.6 Å². The highest BCUT2D eigenvalue weighted by molar-refractivity contribution is 7.98. The summed E-state index contributed by atoms with van der Waals surface area (Å²) in [6.07, 6.45) is 1.02. The van der Waals surface area contributed by atoms with Crippen LogP contribution in [0.5, 0.6) is 0 Å². The minimum atomic E-state index is 0.226. The molecule has 108 valence electrons. The Morgan fingerprint density at radius 2 is 1.90 bits per heavy atom. The van der Waals surface area contributed by atoms with E-state index in [0.29, 0.717) is 5.25 Å². The average Bonchev–Trinajstić information content (AvgIpc) is 2.91. The van der Waals surface area contributed by atoms with Crippen LogP contribution in [-0.2, 0) is 5.75 Å². The first-order valence-electron chi connectivity index (χ1n) is 7.08. The summed E-state index contributed by atoms with van der Waals surface area (Å²) in [7, 11) is 0. The molecule has 20 heavy (non-hydrogen) atoms. The van der Waals surface area contributed by atoms with Crippen LogP contribution >= 0.6 is 23.1 Å². The van der Waals surface area contributed by atoms with Gasteiger partial charge in [0, 0.05) is 16.7 Å². The zero-order valence-electron chi connectivity index (χ0n) is 12.4. The lowest BCUT2D eigenvalue weighted by Gasteiger charge is -2.21. The number of hydrogen-bond donors (Lipinski definition) is 1. The Morgan fingerprint density at radius 1 is 1.20 bits per heavy atom. The summed E-state index contributed by atoms with van der Waals surface area (Å²) < 4.78 is 0. The second-order valence-electron chi connectivity index (χ2n) is 5.32. The van der Waals surface area contributed by atoms with Crippen molar-refractivity contribution in [2.24, 2.45) is 5.73 Å². The van der Waals surface area contributed by atoms with Gasteiger partial charge in [0.1, 0.15) is 0 Å². The van der Waals surface area contributed by atoms with Gasteiger partial charge in [-0.1, -0.05) is 42.3 Å². The van der Waals surface area contributed by atoms with E-state index < -0.39 is 0 Å². The maximum atomic E-state index is 6.32. The van der Waals surface area contributed by atoms with Crippen molar-refractivity contribution >= 4 is 23.1 Å². The van der Waals surface area contributed by atoms with Crippen LogP contribution in [0.15, 0.2) is 35.7 Å². The molecule has 0 fully saturated rings. The number of hydrogen-bond acceptors (Lipinski definition) is 3. The molecular weight excluding hydrogens is 282 g/mol. The summed E-state index contributed by atoms with van der Waals surface area (Å²) in [6, 6.07) is 11.3. The normalized spacial score (nSPS) is 14.2. The quantitative estimate of drug-likeness (QED) is 0.805. The molecule has 2 aromatic rings. The third kappa shape index (κ3) is 4.11. The number of thioether (sulfide) groups is 1. The van der Waals surface area contributed by atoms with E-state index in [0.717, 1.165) is 12.2 Å². The standard InChI is InChI=1S/C17H23NS2/c1-4-15(18)17(16-6-5-7-19-16)20-11-14-9-12(2)8-13(3)10-14/h5-10,15,17H,4,11,18H2,1-3H3. The molecule has 2 atom stereocenters. The number of nitrogens with two attached hydrogens (primary N) is 1. The monoisotopic (exact) mass is 305 g/mol. The molecule has 0 radical (unpaired) electrons. The number of rotatable bonds is 6. The summed E-state index contributed by atoms with van der Waals surface area (Å²) in [5, 5.41) is 2.54. The van der Waals surface area contributed by atoms with Crippen LogP contribution in [0.2, 0.25) is 0 Å². The first-order valence-corrected chi connectivity index (χ1v) is 9.00. The Bertz CT molecular complexity index is 514. The Balaban J connectivity index is 2.09. The Kier molecular flexibility index (Phi) is 5.70. The maximum Gasteiger partial charge on any atom is 0.0545 e. The van der Waals surface area contributed by atoms with E-state index in [-0.39, 0.29) is 6.04 Å². The molecule has 0 saturated carbocycles. The summed E-state index contributed by atoms with van der Waals surface area (Å²) >= 11 is 3.78. The van der Waals surface area contributed by atoms with Crippen molar-refractivity contribution in [2.45, 2.75) is 44.2 Å². The lowest BCUT2D eigenvalue weighted by Crippen LogP contribution is -2.25. The van der Waals surface area contributed by atoms with Crippen molar-refractivity contribution in [2.75, 3.05) is 0 Å². The van der Waals surface area contributed by atoms with Crippen LogP contribution in [0.25, 0.3) is 0 Å². The lowest BCUT2D eigenvalue weighted by atomic mass is 10.1. The van der Waals surface area contributed by atoms with Gasteiger partial charge in [-0.05, 0) is 37.3 Å². The van der Waals surface area contributed by atoms with E-state index in [9.17, 15) is 0 Å². The Hall–Kier alpha value is -0.770. The average molecular weight is 306 g/mol. The number of aryl methyl sites for hydroxylation is 2. The molecule has 2 N–H and O–H groups in total. The molecule has 0 amide bonds. The van der Waals surface area contributed by atoms with Gasteiger partial charge in [0.25, 0.3) is 0 Å². The topological polar surface area (TPSA) is 26.0 Å². The van der Waals surface area contributed by atoms with Crippen molar-refractivity contribution in [3.63, 3.8) is 0 Å². The Morgan fingerprint density at radius 3 is 2.45 bits per heavy atom. The molecule has 0 aliphatic rings.